The zero-order chi connectivity index (χ0) is 27.9. The summed E-state index contributed by atoms with van der Waals surface area (Å²) in [7, 11) is -3.63. The van der Waals surface area contributed by atoms with Gasteiger partial charge in [0.05, 0.1) is 11.9 Å². The molecule has 0 bridgehead atoms. The molecular weight excluding hydrogens is 530 g/mol. The number of nitrogens with one attached hydrogen (secondary N) is 1. The van der Waals surface area contributed by atoms with Gasteiger partial charge in [0, 0.05) is 37.1 Å². The lowest BCUT2D eigenvalue weighted by atomic mass is 10.1. The zero-order valence-corrected chi connectivity index (χ0v) is 23.8. The van der Waals surface area contributed by atoms with Gasteiger partial charge in [-0.2, -0.15) is 0 Å². The van der Waals surface area contributed by atoms with Crippen LogP contribution in [0.5, 0.6) is 11.5 Å². The van der Waals surface area contributed by atoms with E-state index in [-0.39, 0.29) is 50.5 Å². The molecule has 11 heteroatoms. The van der Waals surface area contributed by atoms with Gasteiger partial charge in [0.15, 0.2) is 11.5 Å². The molecule has 1 heterocycles. The number of halogens is 1. The van der Waals surface area contributed by atoms with Crippen molar-refractivity contribution in [2.45, 2.75) is 52.6 Å². The lowest BCUT2D eigenvalue weighted by Gasteiger charge is -2.31. The Hall–Kier alpha value is -2.98. The van der Waals surface area contributed by atoms with E-state index in [9.17, 15) is 18.0 Å². The summed E-state index contributed by atoms with van der Waals surface area (Å²) in [6.45, 7) is 6.70. The van der Waals surface area contributed by atoms with Crippen LogP contribution >= 0.6 is 11.6 Å². The first kappa shape index (κ1) is 29.6. The molecule has 1 aliphatic heterocycles. The Kier molecular flexibility index (Phi) is 10.3. The lowest BCUT2D eigenvalue weighted by molar-refractivity contribution is -0.141. The molecule has 3 rings (SSSR count). The summed E-state index contributed by atoms with van der Waals surface area (Å²) < 4.78 is 37.1. The molecule has 1 atom stereocenters. The van der Waals surface area contributed by atoms with Gasteiger partial charge in [-0.05, 0) is 42.5 Å². The summed E-state index contributed by atoms with van der Waals surface area (Å²) >= 11 is 6.38. The zero-order valence-electron chi connectivity index (χ0n) is 22.3. The molecule has 2 amide bonds. The Labute approximate surface area is 230 Å². The first-order valence-electron chi connectivity index (χ1n) is 12.7. The van der Waals surface area contributed by atoms with Crippen molar-refractivity contribution in [3.8, 4) is 11.5 Å². The highest BCUT2D eigenvalue weighted by Gasteiger charge is 2.29. The Morgan fingerprint density at radius 2 is 1.82 bits per heavy atom. The molecule has 0 radical (unpaired) electrons. The average molecular weight is 566 g/mol. The topological polar surface area (TPSA) is 105 Å². The number of amides is 2. The molecule has 0 saturated heterocycles. The standard InChI is InChI=1S/C27H36ClN3O6S/c1-5-23(27(33)29-16-19(2)3)30(17-20-9-6-7-10-22(20)28)26(32)11-8-14-31(38(4,34)35)21-12-13-24-25(15-21)37-18-36-24/h6-7,9-10,12-13,15,19,23H,5,8,11,14,16-18H2,1-4H3,(H,29,33). The predicted molar refractivity (Wildman–Crippen MR) is 148 cm³/mol. The third-order valence-electron chi connectivity index (χ3n) is 6.17. The molecule has 0 spiro atoms. The molecule has 38 heavy (non-hydrogen) atoms. The van der Waals surface area contributed by atoms with E-state index < -0.39 is 16.1 Å². The second kappa shape index (κ2) is 13.2. The number of sulfonamides is 1. The monoisotopic (exact) mass is 565 g/mol. The molecule has 1 N–H and O–H groups in total. The van der Waals surface area contributed by atoms with E-state index in [2.05, 4.69) is 5.32 Å². The number of rotatable bonds is 13. The Morgan fingerprint density at radius 3 is 2.47 bits per heavy atom. The highest BCUT2D eigenvalue weighted by molar-refractivity contribution is 7.92. The van der Waals surface area contributed by atoms with Gasteiger partial charge in [-0.1, -0.05) is 50.6 Å². The maximum atomic E-state index is 13.5. The predicted octanol–water partition coefficient (Wildman–Crippen LogP) is 4.19. The number of benzene rings is 2. The summed E-state index contributed by atoms with van der Waals surface area (Å²) in [5.74, 6) is 0.808. The van der Waals surface area contributed by atoms with Gasteiger partial charge >= 0.3 is 0 Å². The Balaban J connectivity index is 1.76. The molecule has 0 aromatic heterocycles. The van der Waals surface area contributed by atoms with Crippen molar-refractivity contribution in [3.05, 3.63) is 53.1 Å². The normalized spacial score (nSPS) is 13.3. The number of carbonyl (C=O) groups excluding carboxylic acids is 2. The molecule has 0 saturated carbocycles. The summed E-state index contributed by atoms with van der Waals surface area (Å²) in [6, 6.07) is 11.4. The molecule has 0 fully saturated rings. The van der Waals surface area contributed by atoms with E-state index in [1.807, 2.05) is 32.9 Å². The minimum atomic E-state index is -3.63. The van der Waals surface area contributed by atoms with E-state index in [4.69, 9.17) is 21.1 Å². The molecule has 1 unspecified atom stereocenters. The molecule has 208 valence electrons. The van der Waals surface area contributed by atoms with Crippen LogP contribution in [0.15, 0.2) is 42.5 Å². The van der Waals surface area contributed by atoms with Crippen LogP contribution in [-0.4, -0.2) is 57.3 Å². The van der Waals surface area contributed by atoms with E-state index in [1.54, 1.807) is 35.2 Å². The van der Waals surface area contributed by atoms with Crippen LogP contribution in [0.4, 0.5) is 5.69 Å². The Morgan fingerprint density at radius 1 is 1.11 bits per heavy atom. The number of carbonyl (C=O) groups is 2. The van der Waals surface area contributed by atoms with Crippen molar-refractivity contribution >= 4 is 39.1 Å². The summed E-state index contributed by atoms with van der Waals surface area (Å²) in [5.41, 5.74) is 1.16. The van der Waals surface area contributed by atoms with Crippen molar-refractivity contribution in [1.82, 2.24) is 10.2 Å². The maximum Gasteiger partial charge on any atom is 0.242 e. The maximum absolute atomic E-state index is 13.5. The second-order valence-electron chi connectivity index (χ2n) is 9.65. The first-order valence-corrected chi connectivity index (χ1v) is 14.9. The number of fused-ring (bicyclic) bond motifs is 1. The number of ether oxygens (including phenoxy) is 2. The van der Waals surface area contributed by atoms with Gasteiger partial charge in [-0.25, -0.2) is 8.42 Å². The van der Waals surface area contributed by atoms with Gasteiger partial charge in [-0.3, -0.25) is 13.9 Å². The number of anilines is 1. The minimum absolute atomic E-state index is 0.0506. The largest absolute Gasteiger partial charge is 0.454 e. The minimum Gasteiger partial charge on any atom is -0.454 e. The first-order chi connectivity index (χ1) is 18.0. The van der Waals surface area contributed by atoms with Crippen LogP contribution in [0.25, 0.3) is 0 Å². The SMILES string of the molecule is CCC(C(=O)NCC(C)C)N(Cc1ccccc1Cl)C(=O)CCCN(c1ccc2c(c1)OCO2)S(C)(=O)=O. The molecule has 1 aliphatic rings. The van der Waals surface area contributed by atoms with Crippen molar-refractivity contribution in [2.75, 3.05) is 30.4 Å². The number of hydrogen-bond acceptors (Lipinski definition) is 6. The summed E-state index contributed by atoms with van der Waals surface area (Å²) in [4.78, 5) is 28.1. The summed E-state index contributed by atoms with van der Waals surface area (Å²) in [5, 5.41) is 3.44. The molecular formula is C27H36ClN3O6S. The highest BCUT2D eigenvalue weighted by Crippen LogP contribution is 2.36. The highest BCUT2D eigenvalue weighted by atomic mass is 35.5. The fourth-order valence-electron chi connectivity index (χ4n) is 4.20. The van der Waals surface area contributed by atoms with Crippen LogP contribution in [0.2, 0.25) is 5.02 Å². The van der Waals surface area contributed by atoms with Gasteiger partial charge in [0.2, 0.25) is 28.6 Å². The van der Waals surface area contributed by atoms with Crippen LogP contribution in [0.3, 0.4) is 0 Å². The van der Waals surface area contributed by atoms with Crippen LogP contribution < -0.4 is 19.1 Å². The van der Waals surface area contributed by atoms with Crippen molar-refractivity contribution in [3.63, 3.8) is 0 Å². The fourth-order valence-corrected chi connectivity index (χ4v) is 5.35. The molecule has 0 aliphatic carbocycles. The van der Waals surface area contributed by atoms with Gasteiger partial charge < -0.3 is 19.7 Å². The molecule has 2 aromatic carbocycles. The fraction of sp³-hybridized carbons (Fsp3) is 0.481. The third-order valence-corrected chi connectivity index (χ3v) is 7.73. The molecule has 9 nitrogen and oxygen atoms in total. The van der Waals surface area contributed by atoms with Crippen molar-refractivity contribution < 1.29 is 27.5 Å². The quantitative estimate of drug-likeness (QED) is 0.390. The van der Waals surface area contributed by atoms with Crippen molar-refractivity contribution in [1.29, 1.82) is 0 Å². The van der Waals surface area contributed by atoms with Gasteiger partial charge in [0.1, 0.15) is 6.04 Å². The van der Waals surface area contributed by atoms with Crippen LogP contribution in [0.1, 0.15) is 45.6 Å². The second-order valence-corrected chi connectivity index (χ2v) is 12.0. The average Bonchev–Trinajstić information content (AvgIpc) is 3.33. The van der Waals surface area contributed by atoms with E-state index >= 15 is 0 Å². The van der Waals surface area contributed by atoms with E-state index in [1.165, 1.54) is 4.31 Å². The lowest BCUT2D eigenvalue weighted by Crippen LogP contribution is -2.49. The smallest absolute Gasteiger partial charge is 0.242 e. The van der Waals surface area contributed by atoms with Gasteiger partial charge in [-0.15, -0.1) is 0 Å². The van der Waals surface area contributed by atoms with E-state index in [0.29, 0.717) is 35.2 Å². The van der Waals surface area contributed by atoms with Gasteiger partial charge in [0.25, 0.3) is 0 Å². The van der Waals surface area contributed by atoms with Crippen LogP contribution in [-0.2, 0) is 26.2 Å². The molecule has 2 aromatic rings. The van der Waals surface area contributed by atoms with Crippen LogP contribution in [0, 0.1) is 5.92 Å². The van der Waals surface area contributed by atoms with Crippen molar-refractivity contribution in [2.24, 2.45) is 5.92 Å². The third kappa shape index (κ3) is 7.77. The number of hydrogen-bond donors (Lipinski definition) is 1. The van der Waals surface area contributed by atoms with E-state index in [0.717, 1.165) is 11.8 Å². The summed E-state index contributed by atoms with van der Waals surface area (Å²) in [6.07, 6.45) is 1.85. The number of nitrogens with zero attached hydrogens (tertiary/aromatic N) is 2. The Bertz CT molecular complexity index is 1240.